The lowest BCUT2D eigenvalue weighted by molar-refractivity contribution is -0.136. The molecule has 1 fully saturated rings. The predicted octanol–water partition coefficient (Wildman–Crippen LogP) is 1.22. The van der Waals surface area contributed by atoms with Gasteiger partial charge in [-0.25, -0.2) is 8.42 Å². The second-order valence-electron chi connectivity index (χ2n) is 4.07. The Kier molecular flexibility index (Phi) is 3.06. The van der Waals surface area contributed by atoms with E-state index in [0.29, 0.717) is 24.1 Å². The smallest absolute Gasteiger partial charge is 0.307 e. The van der Waals surface area contributed by atoms with Crippen molar-refractivity contribution in [3.8, 4) is 0 Å². The summed E-state index contributed by atoms with van der Waals surface area (Å²) in [5, 5.41) is 8.41. The third kappa shape index (κ3) is 2.97. The van der Waals surface area contributed by atoms with Gasteiger partial charge in [0.05, 0.1) is 17.4 Å². The van der Waals surface area contributed by atoms with E-state index in [2.05, 4.69) is 4.72 Å². The summed E-state index contributed by atoms with van der Waals surface area (Å²) in [5.74, 6) is -0.983. The lowest BCUT2D eigenvalue weighted by Gasteiger charge is -2.10. The van der Waals surface area contributed by atoms with E-state index in [1.165, 1.54) is 0 Å². The van der Waals surface area contributed by atoms with Crippen LogP contribution in [0.1, 0.15) is 18.4 Å². The number of sulfonamides is 1. The number of hydrogen-bond acceptors (Lipinski definition) is 3. The van der Waals surface area contributed by atoms with Crippen LogP contribution < -0.4 is 4.72 Å². The summed E-state index contributed by atoms with van der Waals surface area (Å²) < 4.78 is 25.9. The van der Waals surface area contributed by atoms with E-state index in [1.807, 2.05) is 0 Å². The van der Waals surface area contributed by atoms with Gasteiger partial charge < -0.3 is 5.11 Å². The first-order valence-electron chi connectivity index (χ1n) is 5.30. The second-order valence-corrected chi connectivity index (χ2v) is 6.03. The van der Waals surface area contributed by atoms with Gasteiger partial charge in [0, 0.05) is 0 Å². The first-order chi connectivity index (χ1) is 7.99. The average molecular weight is 255 g/mol. The van der Waals surface area contributed by atoms with Crippen LogP contribution in [0.15, 0.2) is 24.3 Å². The van der Waals surface area contributed by atoms with Crippen molar-refractivity contribution in [3.63, 3.8) is 0 Å². The van der Waals surface area contributed by atoms with E-state index in [9.17, 15) is 13.2 Å². The number of anilines is 1. The summed E-state index contributed by atoms with van der Waals surface area (Å²) in [6.07, 6.45) is 1.16. The van der Waals surface area contributed by atoms with Crippen LogP contribution in [-0.4, -0.2) is 24.7 Å². The van der Waals surface area contributed by atoms with E-state index in [1.54, 1.807) is 24.3 Å². The predicted molar refractivity (Wildman–Crippen MR) is 63.3 cm³/mol. The highest BCUT2D eigenvalue weighted by Gasteiger charge is 2.36. The largest absolute Gasteiger partial charge is 0.481 e. The zero-order valence-electron chi connectivity index (χ0n) is 9.09. The molecule has 0 saturated heterocycles. The Morgan fingerprint density at radius 3 is 2.59 bits per heavy atom. The zero-order valence-corrected chi connectivity index (χ0v) is 9.90. The maximum atomic E-state index is 11.7. The van der Waals surface area contributed by atoms with Crippen molar-refractivity contribution >= 4 is 21.7 Å². The fourth-order valence-electron chi connectivity index (χ4n) is 1.55. The number of para-hydroxylation sites is 1. The highest BCUT2D eigenvalue weighted by atomic mass is 32.2. The van der Waals surface area contributed by atoms with Crippen molar-refractivity contribution < 1.29 is 18.3 Å². The molecule has 0 aliphatic heterocycles. The van der Waals surface area contributed by atoms with Gasteiger partial charge in [0.2, 0.25) is 10.0 Å². The first-order valence-corrected chi connectivity index (χ1v) is 6.85. The van der Waals surface area contributed by atoms with Gasteiger partial charge >= 0.3 is 5.97 Å². The van der Waals surface area contributed by atoms with Gasteiger partial charge in [-0.1, -0.05) is 18.2 Å². The van der Waals surface area contributed by atoms with Crippen molar-refractivity contribution in [2.75, 3.05) is 4.72 Å². The lowest BCUT2D eigenvalue weighted by Crippen LogP contribution is -2.18. The third-order valence-corrected chi connectivity index (χ3v) is 4.43. The summed E-state index contributed by atoms with van der Waals surface area (Å²) in [6, 6.07) is 6.56. The number of benzene rings is 1. The van der Waals surface area contributed by atoms with Crippen LogP contribution in [0.4, 0.5) is 5.69 Å². The normalized spacial score (nSPS) is 15.5. The standard InChI is InChI=1S/C11H13NO4S/c13-11(14)7-8-3-1-2-4-10(8)12-17(15,16)9-5-6-9/h1-4,9,12H,5-7H2,(H,13,14). The van der Waals surface area contributed by atoms with Crippen molar-refractivity contribution in [2.24, 2.45) is 0 Å². The molecule has 5 nitrogen and oxygen atoms in total. The van der Waals surface area contributed by atoms with E-state index in [4.69, 9.17) is 5.11 Å². The molecule has 1 aromatic carbocycles. The Morgan fingerprint density at radius 1 is 1.35 bits per heavy atom. The molecule has 0 heterocycles. The van der Waals surface area contributed by atoms with Gasteiger partial charge in [-0.3, -0.25) is 9.52 Å². The number of carbonyl (C=O) groups is 1. The molecule has 1 aromatic rings. The molecule has 1 saturated carbocycles. The summed E-state index contributed by atoms with van der Waals surface area (Å²) in [4.78, 5) is 10.7. The van der Waals surface area contributed by atoms with Crippen LogP contribution in [0.25, 0.3) is 0 Å². The zero-order chi connectivity index (χ0) is 12.5. The van der Waals surface area contributed by atoms with Crippen molar-refractivity contribution in [1.82, 2.24) is 0 Å². The van der Waals surface area contributed by atoms with Crippen LogP contribution in [0.3, 0.4) is 0 Å². The minimum atomic E-state index is -3.34. The third-order valence-electron chi connectivity index (χ3n) is 2.57. The van der Waals surface area contributed by atoms with Crippen LogP contribution in [0, 0.1) is 0 Å². The number of rotatable bonds is 5. The molecule has 92 valence electrons. The number of hydrogen-bond donors (Lipinski definition) is 2. The van der Waals surface area contributed by atoms with E-state index in [0.717, 1.165) is 0 Å². The molecule has 2 rings (SSSR count). The molecule has 0 atom stereocenters. The highest BCUT2D eigenvalue weighted by molar-refractivity contribution is 7.93. The van der Waals surface area contributed by atoms with Gasteiger partial charge in [-0.2, -0.15) is 0 Å². The maximum absolute atomic E-state index is 11.7. The number of carboxylic acids is 1. The first kappa shape index (κ1) is 11.9. The molecule has 6 heteroatoms. The molecule has 17 heavy (non-hydrogen) atoms. The SMILES string of the molecule is O=C(O)Cc1ccccc1NS(=O)(=O)C1CC1. The molecular formula is C11H13NO4S. The number of aliphatic carboxylic acids is 1. The molecule has 0 bridgehead atoms. The minimum Gasteiger partial charge on any atom is -0.481 e. The quantitative estimate of drug-likeness (QED) is 0.828. The summed E-state index contributed by atoms with van der Waals surface area (Å²) in [6.45, 7) is 0. The lowest BCUT2D eigenvalue weighted by atomic mass is 10.1. The van der Waals surface area contributed by atoms with Gasteiger partial charge in [-0.05, 0) is 24.5 Å². The number of nitrogens with one attached hydrogen (secondary N) is 1. The Labute approximate surface area is 99.5 Å². The van der Waals surface area contributed by atoms with Crippen LogP contribution in [0.2, 0.25) is 0 Å². The Balaban J connectivity index is 2.22. The fraction of sp³-hybridized carbons (Fsp3) is 0.364. The summed E-state index contributed by atoms with van der Waals surface area (Å²) in [7, 11) is -3.34. The van der Waals surface area contributed by atoms with Crippen molar-refractivity contribution in [2.45, 2.75) is 24.5 Å². The molecule has 0 aromatic heterocycles. The fourth-order valence-corrected chi connectivity index (χ4v) is 2.98. The molecule has 2 N–H and O–H groups in total. The molecule has 0 amide bonds. The highest BCUT2D eigenvalue weighted by Crippen LogP contribution is 2.30. The number of carboxylic acid groups (broad SMARTS) is 1. The minimum absolute atomic E-state index is 0.191. The molecular weight excluding hydrogens is 242 g/mol. The van der Waals surface area contributed by atoms with E-state index >= 15 is 0 Å². The van der Waals surface area contributed by atoms with Crippen molar-refractivity contribution in [3.05, 3.63) is 29.8 Å². The Morgan fingerprint density at radius 2 is 2.00 bits per heavy atom. The second kappa shape index (κ2) is 4.37. The molecule has 0 radical (unpaired) electrons. The van der Waals surface area contributed by atoms with E-state index < -0.39 is 16.0 Å². The summed E-state index contributed by atoms with van der Waals surface area (Å²) in [5.41, 5.74) is 0.839. The monoisotopic (exact) mass is 255 g/mol. The average Bonchev–Trinajstić information content (AvgIpc) is 3.03. The van der Waals surface area contributed by atoms with E-state index in [-0.39, 0.29) is 11.7 Å². The van der Waals surface area contributed by atoms with Gasteiger partial charge in [0.25, 0.3) is 0 Å². The van der Waals surface area contributed by atoms with Crippen LogP contribution in [-0.2, 0) is 21.2 Å². The van der Waals surface area contributed by atoms with Crippen LogP contribution in [0.5, 0.6) is 0 Å². The van der Waals surface area contributed by atoms with Gasteiger partial charge in [-0.15, -0.1) is 0 Å². The maximum Gasteiger partial charge on any atom is 0.307 e. The molecule has 1 aliphatic carbocycles. The molecule has 0 spiro atoms. The van der Waals surface area contributed by atoms with Crippen LogP contribution >= 0.6 is 0 Å². The molecule has 1 aliphatic rings. The Hall–Kier alpha value is -1.56. The topological polar surface area (TPSA) is 83.5 Å². The van der Waals surface area contributed by atoms with Crippen molar-refractivity contribution in [1.29, 1.82) is 0 Å². The van der Waals surface area contributed by atoms with Gasteiger partial charge in [0.15, 0.2) is 0 Å². The van der Waals surface area contributed by atoms with Gasteiger partial charge in [0.1, 0.15) is 0 Å². The Bertz CT molecular complexity index is 534. The molecule has 0 unspecified atom stereocenters. The summed E-state index contributed by atoms with van der Waals surface area (Å²) >= 11 is 0.